The van der Waals surface area contributed by atoms with Crippen LogP contribution < -0.4 is 10.1 Å². The first-order valence-corrected chi connectivity index (χ1v) is 11.8. The van der Waals surface area contributed by atoms with Crippen molar-refractivity contribution in [3.63, 3.8) is 0 Å². The maximum Gasteiger partial charge on any atom is 0.573 e. The average molecular weight is 490 g/mol. The van der Waals surface area contributed by atoms with Crippen molar-refractivity contribution in [3.05, 3.63) is 47.5 Å². The molecule has 1 fully saturated rings. The molecule has 0 amide bonds. The van der Waals surface area contributed by atoms with Crippen LogP contribution in [0.1, 0.15) is 62.0 Å². The van der Waals surface area contributed by atoms with Crippen LogP contribution >= 0.6 is 0 Å². The van der Waals surface area contributed by atoms with Crippen molar-refractivity contribution in [2.75, 3.05) is 5.32 Å². The molecule has 3 aromatic rings. The zero-order valence-electron chi connectivity index (χ0n) is 20.2. The summed E-state index contributed by atoms with van der Waals surface area (Å²) in [6.07, 6.45) is -1.57. The number of aryl methyl sites for hydroxylation is 1. The highest BCUT2D eigenvalue weighted by Crippen LogP contribution is 2.44. The first kappa shape index (κ1) is 24.9. The van der Waals surface area contributed by atoms with Gasteiger partial charge in [0.15, 0.2) is 0 Å². The number of fused-ring (bicyclic) bond motifs is 1. The Balaban J connectivity index is 1.80. The number of nitrogens with zero attached hydrogens (tertiary/aromatic N) is 2. The summed E-state index contributed by atoms with van der Waals surface area (Å²) in [6.45, 7) is 8.44. The highest BCUT2D eigenvalue weighted by molar-refractivity contribution is 5.95. The summed E-state index contributed by atoms with van der Waals surface area (Å²) in [7, 11) is 0. The number of aromatic carboxylic acids is 1. The summed E-state index contributed by atoms with van der Waals surface area (Å²) in [6, 6.07) is 9.10. The Bertz CT molecular complexity index is 1220. The van der Waals surface area contributed by atoms with Gasteiger partial charge in [0, 0.05) is 11.7 Å². The van der Waals surface area contributed by atoms with Crippen molar-refractivity contribution in [3.8, 4) is 5.75 Å². The van der Waals surface area contributed by atoms with E-state index in [0.717, 1.165) is 24.8 Å². The van der Waals surface area contributed by atoms with Gasteiger partial charge in [0.1, 0.15) is 5.75 Å². The summed E-state index contributed by atoms with van der Waals surface area (Å²) >= 11 is 0. The minimum absolute atomic E-state index is 0.147. The fraction of sp³-hybridized carbons (Fsp3) is 0.462. The third-order valence-corrected chi connectivity index (χ3v) is 6.93. The molecule has 4 rings (SSSR count). The number of nitrogens with one attached hydrogen (secondary N) is 1. The van der Waals surface area contributed by atoms with Gasteiger partial charge >= 0.3 is 12.3 Å². The van der Waals surface area contributed by atoms with Crippen molar-refractivity contribution in [1.82, 2.24) is 9.55 Å². The number of hydrogen-bond acceptors (Lipinski definition) is 4. The summed E-state index contributed by atoms with van der Waals surface area (Å²) in [5.41, 5.74) is 2.80. The van der Waals surface area contributed by atoms with Crippen molar-refractivity contribution >= 4 is 28.6 Å². The molecule has 35 heavy (non-hydrogen) atoms. The van der Waals surface area contributed by atoms with E-state index in [4.69, 9.17) is 4.98 Å². The van der Waals surface area contributed by atoms with E-state index in [0.29, 0.717) is 40.5 Å². The Kier molecular flexibility index (Phi) is 6.71. The second kappa shape index (κ2) is 9.43. The molecule has 3 atom stereocenters. The van der Waals surface area contributed by atoms with Crippen LogP contribution in [0.2, 0.25) is 0 Å². The van der Waals surface area contributed by atoms with E-state index in [-0.39, 0.29) is 17.4 Å². The lowest BCUT2D eigenvalue weighted by Gasteiger charge is -2.39. The van der Waals surface area contributed by atoms with E-state index in [1.165, 1.54) is 24.3 Å². The Labute approximate surface area is 202 Å². The van der Waals surface area contributed by atoms with Crippen LogP contribution in [-0.2, 0) is 0 Å². The molecule has 188 valence electrons. The van der Waals surface area contributed by atoms with Crippen molar-refractivity contribution in [2.24, 2.45) is 17.8 Å². The van der Waals surface area contributed by atoms with E-state index in [1.807, 2.05) is 6.07 Å². The molecule has 6 nitrogen and oxygen atoms in total. The standard InChI is InChI=1S/C26H30F3N3O3/c1-14(2)19-10-5-15(3)11-22(19)32-23-12-16(4)20(24(33)34)13-21(23)31-25(32)30-17-6-8-18(9-7-17)35-26(27,28)29/h6-9,12-15,19,22H,5,10-11H2,1-4H3,(H,30,31)(H,33,34)/t15-,19+,22-/m1/s1. The zero-order chi connectivity index (χ0) is 25.5. The van der Waals surface area contributed by atoms with Crippen molar-refractivity contribution < 1.29 is 27.8 Å². The molecule has 1 saturated carbocycles. The molecule has 9 heteroatoms. The number of imidazole rings is 1. The number of benzene rings is 2. The smallest absolute Gasteiger partial charge is 0.478 e. The molecule has 2 N–H and O–H groups in total. The van der Waals surface area contributed by atoms with Crippen molar-refractivity contribution in [2.45, 2.75) is 59.4 Å². The largest absolute Gasteiger partial charge is 0.573 e. The molecule has 1 aliphatic carbocycles. The molecule has 1 heterocycles. The quantitative estimate of drug-likeness (QED) is 0.379. The number of hydrogen-bond donors (Lipinski definition) is 2. The average Bonchev–Trinajstić information content (AvgIpc) is 3.09. The number of alkyl halides is 3. The highest BCUT2D eigenvalue weighted by atomic mass is 19.4. The molecule has 0 unspecified atom stereocenters. The zero-order valence-corrected chi connectivity index (χ0v) is 20.2. The third-order valence-electron chi connectivity index (χ3n) is 6.93. The number of anilines is 2. The highest BCUT2D eigenvalue weighted by Gasteiger charge is 2.35. The Morgan fingerprint density at radius 3 is 2.49 bits per heavy atom. The van der Waals surface area contributed by atoms with Gasteiger partial charge in [0.05, 0.1) is 16.6 Å². The molecule has 0 radical (unpaired) electrons. The number of halogens is 3. The topological polar surface area (TPSA) is 76.4 Å². The van der Waals surface area contributed by atoms with Gasteiger partial charge in [-0.1, -0.05) is 27.2 Å². The minimum Gasteiger partial charge on any atom is -0.478 e. The molecule has 0 bridgehead atoms. The minimum atomic E-state index is -4.76. The van der Waals surface area contributed by atoms with Crippen molar-refractivity contribution in [1.29, 1.82) is 0 Å². The lowest BCUT2D eigenvalue weighted by Crippen LogP contribution is -2.30. The van der Waals surface area contributed by atoms with E-state index in [9.17, 15) is 23.1 Å². The third kappa shape index (κ3) is 5.39. The van der Waals surface area contributed by atoms with Gasteiger partial charge in [0.25, 0.3) is 0 Å². The van der Waals surface area contributed by atoms with Crippen LogP contribution in [0.5, 0.6) is 5.75 Å². The second-order valence-electron chi connectivity index (χ2n) is 9.86. The summed E-state index contributed by atoms with van der Waals surface area (Å²) in [5.74, 6) is 0.594. The normalized spacial score (nSPS) is 20.9. The maximum atomic E-state index is 12.5. The molecular formula is C26H30F3N3O3. The van der Waals surface area contributed by atoms with Crippen LogP contribution in [-0.4, -0.2) is 27.0 Å². The number of aromatic nitrogens is 2. The van der Waals surface area contributed by atoms with Crippen LogP contribution in [0, 0.1) is 24.7 Å². The van der Waals surface area contributed by atoms with Crippen LogP contribution in [0.15, 0.2) is 36.4 Å². The van der Waals surface area contributed by atoms with E-state index in [1.54, 1.807) is 13.0 Å². The van der Waals surface area contributed by atoms with Gasteiger partial charge in [0.2, 0.25) is 5.95 Å². The second-order valence-corrected chi connectivity index (χ2v) is 9.86. The van der Waals surface area contributed by atoms with Gasteiger partial charge in [-0.2, -0.15) is 0 Å². The predicted octanol–water partition coefficient (Wildman–Crippen LogP) is 7.32. The Hall–Kier alpha value is -3.23. The number of carbonyl (C=O) groups is 1. The predicted molar refractivity (Wildman–Crippen MR) is 128 cm³/mol. The number of ether oxygens (including phenoxy) is 1. The van der Waals surface area contributed by atoms with E-state index < -0.39 is 12.3 Å². The Morgan fingerprint density at radius 2 is 1.89 bits per heavy atom. The number of carboxylic acid groups (broad SMARTS) is 1. The fourth-order valence-corrected chi connectivity index (χ4v) is 5.22. The SMILES string of the molecule is Cc1cc2c(cc1C(=O)O)nc(Nc1ccc(OC(F)(F)F)cc1)n2[C@@H]1C[C@H](C)CC[C@H]1C(C)C. The van der Waals surface area contributed by atoms with Crippen LogP contribution in [0.4, 0.5) is 24.8 Å². The van der Waals surface area contributed by atoms with Crippen LogP contribution in [0.3, 0.4) is 0 Å². The lowest BCUT2D eigenvalue weighted by molar-refractivity contribution is -0.274. The summed E-state index contributed by atoms with van der Waals surface area (Å²) in [4.78, 5) is 16.5. The van der Waals surface area contributed by atoms with E-state index in [2.05, 4.69) is 35.4 Å². The van der Waals surface area contributed by atoms with E-state index >= 15 is 0 Å². The molecule has 0 spiro atoms. The molecule has 2 aromatic carbocycles. The molecule has 1 aliphatic rings. The number of rotatable bonds is 6. The lowest BCUT2D eigenvalue weighted by atomic mass is 9.74. The Morgan fingerprint density at radius 1 is 1.20 bits per heavy atom. The fourth-order valence-electron chi connectivity index (χ4n) is 5.22. The summed E-state index contributed by atoms with van der Waals surface area (Å²) in [5, 5.41) is 12.9. The first-order chi connectivity index (χ1) is 16.4. The van der Waals surface area contributed by atoms with Gasteiger partial charge in [-0.25, -0.2) is 9.78 Å². The number of carboxylic acids is 1. The summed E-state index contributed by atoms with van der Waals surface area (Å²) < 4.78 is 43.7. The molecule has 1 aromatic heterocycles. The van der Waals surface area contributed by atoms with Gasteiger partial charge < -0.3 is 19.7 Å². The van der Waals surface area contributed by atoms with Gasteiger partial charge in [-0.3, -0.25) is 0 Å². The molecular weight excluding hydrogens is 459 g/mol. The monoisotopic (exact) mass is 489 g/mol. The van der Waals surface area contributed by atoms with Gasteiger partial charge in [-0.05, 0) is 79.5 Å². The molecule has 0 saturated heterocycles. The molecule has 0 aliphatic heterocycles. The maximum absolute atomic E-state index is 12.5. The van der Waals surface area contributed by atoms with Gasteiger partial charge in [-0.15, -0.1) is 13.2 Å². The van der Waals surface area contributed by atoms with Crippen LogP contribution in [0.25, 0.3) is 11.0 Å². The first-order valence-electron chi connectivity index (χ1n) is 11.8.